The zero-order chi connectivity index (χ0) is 8.12. The number of hydrogen-bond acceptors (Lipinski definition) is 6. The molecular formula is Al3O6Rh. The largest absolute Gasteiger partial charge is 3.00 e. The summed E-state index contributed by atoms with van der Waals surface area (Å²) in [6.45, 7) is 0. The molecule has 54 valence electrons. The molecule has 0 amide bonds. The molecule has 0 N–H and O–H groups in total. The molecule has 0 aliphatic heterocycles. The van der Waals surface area contributed by atoms with Crippen molar-refractivity contribution < 1.29 is 43.4 Å². The first-order valence-electron chi connectivity index (χ1n) is 1.41. The van der Waals surface area contributed by atoms with Gasteiger partial charge in [0.2, 0.25) is 0 Å². The molecular weight excluding hydrogens is 280 g/mol. The minimum atomic E-state index is -1.75. The molecule has 0 heterocycles. The van der Waals surface area contributed by atoms with Gasteiger partial charge in [-0.3, -0.25) is 0 Å². The van der Waals surface area contributed by atoms with Gasteiger partial charge in [0, 0.05) is 0 Å². The van der Waals surface area contributed by atoms with E-state index in [2.05, 4.69) is 0 Å². The monoisotopic (exact) mass is 280 g/mol. The molecule has 0 bridgehead atoms. The van der Waals surface area contributed by atoms with E-state index in [1.165, 1.54) is 0 Å². The average molecular weight is 280 g/mol. The summed E-state index contributed by atoms with van der Waals surface area (Å²) in [6, 6.07) is 0. The molecule has 0 saturated heterocycles. The molecule has 0 aromatic heterocycles. The van der Waals surface area contributed by atoms with Gasteiger partial charge < -0.3 is 0 Å². The van der Waals surface area contributed by atoms with Gasteiger partial charge >= 0.3 is 89.8 Å². The van der Waals surface area contributed by atoms with Crippen molar-refractivity contribution >= 4 is 46.5 Å². The van der Waals surface area contributed by atoms with Crippen LogP contribution in [0.3, 0.4) is 0 Å². The van der Waals surface area contributed by atoms with Crippen LogP contribution < -0.4 is 12.5 Å². The molecule has 0 spiro atoms. The van der Waals surface area contributed by atoms with Crippen molar-refractivity contribution in [2.45, 2.75) is 0 Å². The summed E-state index contributed by atoms with van der Waals surface area (Å²) >= 11 is -5.25. The summed E-state index contributed by atoms with van der Waals surface area (Å²) in [5.41, 5.74) is 0. The van der Waals surface area contributed by atoms with Crippen LogP contribution >= 0.6 is 0 Å². The van der Waals surface area contributed by atoms with Gasteiger partial charge in [-0.1, -0.05) is 0 Å². The Morgan fingerprint density at radius 1 is 0.700 bits per heavy atom. The van der Waals surface area contributed by atoms with Crippen LogP contribution in [-0.2, 0) is 30.9 Å². The van der Waals surface area contributed by atoms with Crippen molar-refractivity contribution in [3.63, 3.8) is 0 Å². The van der Waals surface area contributed by atoms with Gasteiger partial charge in [0.1, 0.15) is 0 Å². The van der Waals surface area contributed by atoms with Crippen molar-refractivity contribution in [2.24, 2.45) is 0 Å². The van der Waals surface area contributed by atoms with Crippen molar-refractivity contribution in [3.8, 4) is 0 Å². The topological polar surface area (TPSA) is 120 Å². The van der Waals surface area contributed by atoms with E-state index in [0.717, 1.165) is 0 Å². The Morgan fingerprint density at radius 3 is 0.700 bits per heavy atom. The molecule has 10 heavy (non-hydrogen) atoms. The minimum Gasteiger partial charge on any atom is 3.00 e. The molecule has 0 aliphatic rings. The molecule has 10 heteroatoms. The van der Waals surface area contributed by atoms with E-state index < -0.39 is 46.5 Å². The summed E-state index contributed by atoms with van der Waals surface area (Å²) < 4.78 is 50.8. The molecule has 0 saturated carbocycles. The predicted octanol–water partition coefficient (Wildman–Crippen LogP) is -5.07. The number of rotatable bonds is 0. The van der Waals surface area contributed by atoms with Crippen molar-refractivity contribution in [2.75, 3.05) is 0 Å². The van der Waals surface area contributed by atoms with E-state index in [-0.39, 0.29) is 19.5 Å². The smallest absolute Gasteiger partial charge is 3.00 e. The second-order valence-corrected chi connectivity index (χ2v) is 0.866. The van der Waals surface area contributed by atoms with Crippen LogP contribution in [0.2, 0.25) is 0 Å². The minimum absolute atomic E-state index is 0. The molecule has 6 nitrogen and oxygen atoms in total. The van der Waals surface area contributed by atoms with Gasteiger partial charge in [0.15, 0.2) is 0 Å². The molecule has 0 aromatic carbocycles. The quantitative estimate of drug-likeness (QED) is 0.409. The summed E-state index contributed by atoms with van der Waals surface area (Å²) in [5.74, 6) is 0. The van der Waals surface area contributed by atoms with E-state index in [4.69, 9.17) is 23.9 Å². The van der Waals surface area contributed by atoms with Crippen LogP contribution in [0.15, 0.2) is 0 Å². The Bertz CT molecular complexity index is 49.7. The molecule has 0 aromatic rings. The zero-order valence-corrected chi connectivity index (χ0v) is 9.62. The van der Waals surface area contributed by atoms with E-state index in [0.29, 0.717) is 0 Å². The van der Waals surface area contributed by atoms with Crippen LogP contribution in [0.4, 0.5) is 0 Å². The summed E-state index contributed by atoms with van der Waals surface area (Å²) in [5, 5.41) is 0. The first kappa shape index (κ1) is 22.5. The van der Waals surface area contributed by atoms with Crippen LogP contribution in [-0.4, -0.2) is 46.5 Å². The zero-order valence-electron chi connectivity index (χ0n) is 4.51. The molecule has 0 unspecified atom stereocenters. The van der Waals surface area contributed by atoms with Gasteiger partial charge in [-0.25, -0.2) is 0 Å². The van der Waals surface area contributed by atoms with Crippen LogP contribution in [0.25, 0.3) is 0 Å². The van der Waals surface area contributed by atoms with Gasteiger partial charge in [-0.05, 0) is 0 Å². The predicted molar refractivity (Wildman–Crippen MR) is 19.3 cm³/mol. The van der Waals surface area contributed by atoms with Crippen molar-refractivity contribution in [1.29, 1.82) is 0 Å². The normalized spacial score (nSPS) is 2.40. The number of hydrogen-bond donors (Lipinski definition) is 0. The summed E-state index contributed by atoms with van der Waals surface area (Å²) in [7, 11) is 0. The Labute approximate surface area is 89.2 Å². The molecule has 0 radical (unpaired) electrons. The second kappa shape index (κ2) is 50.4. The Morgan fingerprint density at radius 2 is 0.700 bits per heavy atom. The maximum Gasteiger partial charge on any atom is 3.00 e. The van der Waals surface area contributed by atoms with E-state index in [1.54, 1.807) is 0 Å². The molecule has 0 rings (SSSR count). The maximum absolute atomic E-state index is 8.46. The summed E-state index contributed by atoms with van der Waals surface area (Å²) in [6.07, 6.45) is 0. The Kier molecular flexibility index (Phi) is 113. The SMILES string of the molecule is [O]=[Al][O-].[O]=[Al][O-].[O]=[Al][O-].[Rh+3]. The first-order valence-corrected chi connectivity index (χ1v) is 4.24. The molecule has 0 atom stereocenters. The van der Waals surface area contributed by atoms with Gasteiger partial charge in [0.05, 0.1) is 0 Å². The third-order valence-corrected chi connectivity index (χ3v) is 0. The average Bonchev–Trinajstić information content (AvgIpc) is 1.70. The summed E-state index contributed by atoms with van der Waals surface area (Å²) in [4.78, 5) is 0. The van der Waals surface area contributed by atoms with Crippen LogP contribution in [0, 0.1) is 0 Å². The fourth-order valence-electron chi connectivity index (χ4n) is 0. The van der Waals surface area contributed by atoms with Crippen molar-refractivity contribution in [1.82, 2.24) is 0 Å². The Balaban J connectivity index is -0.0000000257. The van der Waals surface area contributed by atoms with E-state index in [9.17, 15) is 0 Å². The third-order valence-electron chi connectivity index (χ3n) is 0. The third kappa shape index (κ3) is 557. The molecule has 0 fully saturated rings. The van der Waals surface area contributed by atoms with Crippen molar-refractivity contribution in [3.05, 3.63) is 0 Å². The van der Waals surface area contributed by atoms with Gasteiger partial charge in [0.25, 0.3) is 0 Å². The van der Waals surface area contributed by atoms with Crippen LogP contribution in [0.5, 0.6) is 0 Å². The van der Waals surface area contributed by atoms with E-state index in [1.807, 2.05) is 0 Å². The fourth-order valence-corrected chi connectivity index (χ4v) is 0. The van der Waals surface area contributed by atoms with E-state index >= 15 is 0 Å². The second-order valence-electron chi connectivity index (χ2n) is 0.289. The van der Waals surface area contributed by atoms with Gasteiger partial charge in [-0.15, -0.1) is 0 Å². The molecule has 0 aliphatic carbocycles. The maximum atomic E-state index is 8.46. The van der Waals surface area contributed by atoms with Crippen LogP contribution in [0.1, 0.15) is 0 Å². The Hall–Kier alpha value is 1.02. The van der Waals surface area contributed by atoms with Gasteiger partial charge in [-0.2, -0.15) is 0 Å². The fraction of sp³-hybridized carbons (Fsp3) is 0. The standard InChI is InChI=1S/3Al.6O.Rh/q;;;;;;3*-1;+3. The first-order chi connectivity index (χ1) is 4.24.